The number of nitro groups is 1. The number of nitro benzene ring substituents is 1. The van der Waals surface area contributed by atoms with Gasteiger partial charge in [-0.1, -0.05) is 65.9 Å². The molecule has 1 aliphatic heterocycles. The Morgan fingerprint density at radius 2 is 1.84 bits per heavy atom. The summed E-state index contributed by atoms with van der Waals surface area (Å²) in [6.45, 7) is 3.58. The summed E-state index contributed by atoms with van der Waals surface area (Å²) in [7, 11) is 0. The van der Waals surface area contributed by atoms with Crippen molar-refractivity contribution in [2.45, 2.75) is 24.8 Å². The van der Waals surface area contributed by atoms with E-state index in [9.17, 15) is 19.7 Å². The van der Waals surface area contributed by atoms with Crippen LogP contribution in [0.3, 0.4) is 0 Å². The van der Waals surface area contributed by atoms with Crippen molar-refractivity contribution in [3.8, 4) is 11.3 Å². The van der Waals surface area contributed by atoms with E-state index >= 15 is 0 Å². The number of thiazole rings is 1. The fourth-order valence-corrected chi connectivity index (χ4v) is 6.72. The summed E-state index contributed by atoms with van der Waals surface area (Å²) in [5.41, 5.74) is 2.93. The summed E-state index contributed by atoms with van der Waals surface area (Å²) in [6.07, 6.45) is 3.61. The van der Waals surface area contributed by atoms with E-state index in [1.165, 1.54) is 22.0 Å². The first-order chi connectivity index (χ1) is 21.8. The lowest BCUT2D eigenvalue weighted by Crippen LogP contribution is -2.40. The first-order valence-corrected chi connectivity index (χ1v) is 16.1. The fourth-order valence-electron chi connectivity index (χ4n) is 5.33. The molecule has 45 heavy (non-hydrogen) atoms. The molecule has 5 aromatic rings. The number of carbonyl (C=O) groups excluding carboxylic acids is 1. The van der Waals surface area contributed by atoms with E-state index in [4.69, 9.17) is 14.1 Å². The normalized spacial score (nSPS) is 14.6. The van der Waals surface area contributed by atoms with Crippen molar-refractivity contribution >= 4 is 46.5 Å². The third-order valence-corrected chi connectivity index (χ3v) is 9.20. The van der Waals surface area contributed by atoms with Crippen molar-refractivity contribution < 1.29 is 18.9 Å². The number of fused-ring (bicyclic) bond motifs is 1. The highest BCUT2D eigenvalue weighted by Crippen LogP contribution is 2.36. The van der Waals surface area contributed by atoms with Gasteiger partial charge >= 0.3 is 5.97 Å². The number of nitrogens with zero attached hydrogens (tertiary/aromatic N) is 3. The van der Waals surface area contributed by atoms with Crippen LogP contribution in [0.5, 0.6) is 0 Å². The van der Waals surface area contributed by atoms with E-state index < -0.39 is 16.9 Å². The monoisotopic (exact) mass is 637 g/mol. The van der Waals surface area contributed by atoms with Gasteiger partial charge in [0.1, 0.15) is 11.5 Å². The van der Waals surface area contributed by atoms with Gasteiger partial charge in [0.2, 0.25) is 0 Å². The van der Waals surface area contributed by atoms with Crippen molar-refractivity contribution in [2.24, 2.45) is 4.99 Å². The summed E-state index contributed by atoms with van der Waals surface area (Å²) in [5.74, 6) is 0.296. The van der Waals surface area contributed by atoms with Gasteiger partial charge in [0, 0.05) is 33.7 Å². The van der Waals surface area contributed by atoms with Crippen molar-refractivity contribution in [1.29, 1.82) is 0 Å². The lowest BCUT2D eigenvalue weighted by molar-refractivity contribution is -0.385. The highest BCUT2D eigenvalue weighted by Gasteiger charge is 2.35. The van der Waals surface area contributed by atoms with E-state index in [0.29, 0.717) is 37.7 Å². The molecule has 3 aromatic carbocycles. The number of thioether (sulfide) groups is 1. The molecule has 0 bridgehead atoms. The highest BCUT2D eigenvalue weighted by atomic mass is 32.2. The Hall–Kier alpha value is -5.00. The van der Waals surface area contributed by atoms with Crippen molar-refractivity contribution in [3.63, 3.8) is 0 Å². The van der Waals surface area contributed by atoms with Crippen molar-refractivity contribution in [3.05, 3.63) is 143 Å². The predicted molar refractivity (Wildman–Crippen MR) is 175 cm³/mol. The largest absolute Gasteiger partial charge is 0.463 e. The van der Waals surface area contributed by atoms with Crippen LogP contribution in [0.25, 0.3) is 23.1 Å². The maximum Gasteiger partial charge on any atom is 0.338 e. The standard InChI is InChI=1S/C34H27N3O6S2/c1-4-42-33(39)29-30(21-9-6-5-7-10-21)35-34-36(31(29)22-13-16-24(44-3)17-14-22)32(38)28(45-34)19-23-15-18-27(43-23)25-11-8-12-26(20(25)2)37(40)41/h5-19,31H,4H2,1-3H3/b28-19-/t31-/m0/s1. The summed E-state index contributed by atoms with van der Waals surface area (Å²) < 4.78 is 13.5. The third kappa shape index (κ3) is 5.67. The highest BCUT2D eigenvalue weighted by molar-refractivity contribution is 7.98. The Balaban J connectivity index is 1.54. The molecule has 11 heteroatoms. The molecule has 0 radical (unpaired) electrons. The molecule has 3 heterocycles. The maximum absolute atomic E-state index is 14.1. The lowest BCUT2D eigenvalue weighted by atomic mass is 9.93. The smallest absolute Gasteiger partial charge is 0.338 e. The van der Waals surface area contributed by atoms with Gasteiger partial charge in [-0.3, -0.25) is 19.5 Å². The van der Waals surface area contributed by atoms with E-state index in [-0.39, 0.29) is 23.4 Å². The topological polar surface area (TPSA) is 117 Å². The van der Waals surface area contributed by atoms with Gasteiger partial charge in [0.15, 0.2) is 4.80 Å². The average Bonchev–Trinajstić information content (AvgIpc) is 3.64. The molecule has 0 saturated heterocycles. The summed E-state index contributed by atoms with van der Waals surface area (Å²) in [4.78, 5) is 45.1. The molecule has 1 aliphatic rings. The minimum Gasteiger partial charge on any atom is -0.463 e. The second-order valence-corrected chi connectivity index (χ2v) is 12.0. The third-order valence-electron chi connectivity index (χ3n) is 7.47. The predicted octanol–water partition coefficient (Wildman–Crippen LogP) is 6.13. The van der Waals surface area contributed by atoms with Gasteiger partial charge in [-0.05, 0) is 49.9 Å². The number of furan rings is 1. The Morgan fingerprint density at radius 1 is 1.09 bits per heavy atom. The van der Waals surface area contributed by atoms with E-state index in [0.717, 1.165) is 16.0 Å². The zero-order chi connectivity index (χ0) is 31.7. The maximum atomic E-state index is 14.1. The van der Waals surface area contributed by atoms with Crippen molar-refractivity contribution in [1.82, 2.24) is 4.57 Å². The Labute approximate surface area is 266 Å². The van der Waals surface area contributed by atoms with Gasteiger partial charge in [0.05, 0.1) is 33.4 Å². The van der Waals surface area contributed by atoms with Crippen LogP contribution < -0.4 is 14.9 Å². The van der Waals surface area contributed by atoms with Gasteiger partial charge in [-0.25, -0.2) is 9.79 Å². The lowest BCUT2D eigenvalue weighted by Gasteiger charge is -2.26. The fraction of sp³-hybridized carbons (Fsp3) is 0.147. The Bertz CT molecular complexity index is 2140. The minimum atomic E-state index is -0.784. The molecular weight excluding hydrogens is 611 g/mol. The molecule has 1 atom stereocenters. The molecule has 226 valence electrons. The molecular formula is C34H27N3O6S2. The van der Waals surface area contributed by atoms with E-state index in [1.54, 1.807) is 56.0 Å². The number of hydrogen-bond acceptors (Lipinski definition) is 9. The minimum absolute atomic E-state index is 0.00375. The first-order valence-electron chi connectivity index (χ1n) is 14.1. The molecule has 9 nitrogen and oxygen atoms in total. The molecule has 0 amide bonds. The van der Waals surface area contributed by atoms with Crippen LogP contribution in [0.15, 0.2) is 110 Å². The number of esters is 1. The molecule has 0 unspecified atom stereocenters. The second-order valence-electron chi connectivity index (χ2n) is 10.1. The SMILES string of the molecule is CCOC(=O)C1=C(c2ccccc2)N=c2s/c(=C\c3ccc(-c4cccc([N+](=O)[O-])c4C)o3)c(=O)n2[C@H]1c1ccc(SC)cc1. The van der Waals surface area contributed by atoms with Crippen LogP contribution in [-0.4, -0.2) is 28.3 Å². The molecule has 0 fully saturated rings. The molecule has 0 spiro atoms. The molecule has 0 aliphatic carbocycles. The van der Waals surface area contributed by atoms with Crippen LogP contribution in [0.4, 0.5) is 5.69 Å². The zero-order valence-electron chi connectivity index (χ0n) is 24.6. The number of ether oxygens (including phenoxy) is 1. The quantitative estimate of drug-likeness (QED) is 0.0869. The number of hydrogen-bond donors (Lipinski definition) is 0. The zero-order valence-corrected chi connectivity index (χ0v) is 26.2. The molecule has 6 rings (SSSR count). The van der Waals surface area contributed by atoms with Crippen LogP contribution in [0.1, 0.15) is 35.4 Å². The number of aromatic nitrogens is 1. The summed E-state index contributed by atoms with van der Waals surface area (Å²) in [5, 5.41) is 11.5. The number of benzene rings is 3. The first kappa shape index (κ1) is 30.0. The summed E-state index contributed by atoms with van der Waals surface area (Å²) >= 11 is 2.79. The number of carbonyl (C=O) groups is 1. The van der Waals surface area contributed by atoms with Gasteiger partial charge in [-0.15, -0.1) is 11.8 Å². The molecule has 0 saturated carbocycles. The van der Waals surface area contributed by atoms with E-state index in [2.05, 4.69) is 0 Å². The number of rotatable bonds is 8. The second kappa shape index (κ2) is 12.5. The van der Waals surface area contributed by atoms with Gasteiger partial charge in [-0.2, -0.15) is 0 Å². The van der Waals surface area contributed by atoms with Crippen LogP contribution in [0.2, 0.25) is 0 Å². The van der Waals surface area contributed by atoms with Gasteiger partial charge < -0.3 is 9.15 Å². The van der Waals surface area contributed by atoms with E-state index in [1.807, 2.05) is 60.9 Å². The van der Waals surface area contributed by atoms with Gasteiger partial charge in [0.25, 0.3) is 11.2 Å². The molecule has 2 aromatic heterocycles. The Morgan fingerprint density at radius 3 is 2.53 bits per heavy atom. The van der Waals surface area contributed by atoms with Crippen molar-refractivity contribution in [2.75, 3.05) is 12.9 Å². The molecule has 0 N–H and O–H groups in total. The average molecular weight is 638 g/mol. The summed E-state index contributed by atoms with van der Waals surface area (Å²) in [6, 6.07) is 24.6. The van der Waals surface area contributed by atoms with Crippen LogP contribution in [0, 0.1) is 17.0 Å². The van der Waals surface area contributed by atoms with Crippen LogP contribution >= 0.6 is 23.1 Å². The van der Waals surface area contributed by atoms with Crippen LogP contribution in [-0.2, 0) is 9.53 Å². The Kier molecular flexibility index (Phi) is 8.38.